The number of imidazole rings is 1. The summed E-state index contributed by atoms with van der Waals surface area (Å²) in [5.41, 5.74) is 6.23. The van der Waals surface area contributed by atoms with E-state index in [0.29, 0.717) is 0 Å². The third-order valence-electron chi connectivity index (χ3n) is 6.59. The maximum absolute atomic E-state index is 12.5. The number of hydrogen-bond acceptors (Lipinski definition) is 16. The van der Waals surface area contributed by atoms with E-state index < -0.39 is 88.3 Å². The Balaban J connectivity index is 1.34. The van der Waals surface area contributed by atoms with Gasteiger partial charge in [-0.15, -0.1) is 0 Å². The maximum Gasteiger partial charge on any atom is 0.472 e. The van der Waals surface area contributed by atoms with Crippen molar-refractivity contribution in [2.24, 2.45) is 0 Å². The summed E-state index contributed by atoms with van der Waals surface area (Å²) in [6.45, 7) is -0.112. The van der Waals surface area contributed by atoms with Crippen molar-refractivity contribution in [1.29, 1.82) is 0 Å². The molecule has 2 aliphatic rings. The van der Waals surface area contributed by atoms with E-state index in [9.17, 15) is 40.1 Å². The number of hydrogen-bond donors (Lipinski definition) is 9. The number of ether oxygens (including phenoxy) is 2. The van der Waals surface area contributed by atoms with Crippen LogP contribution in [0.3, 0.4) is 0 Å². The molecule has 4 heterocycles. The minimum atomic E-state index is -4.80. The van der Waals surface area contributed by atoms with Crippen molar-refractivity contribution in [3.63, 3.8) is 0 Å². The zero-order chi connectivity index (χ0) is 28.6. The fourth-order valence-corrected chi connectivity index (χ4v) is 5.48. The lowest BCUT2D eigenvalue weighted by molar-refractivity contribution is -0.249. The van der Waals surface area contributed by atoms with Crippen LogP contribution in [0.25, 0.3) is 11.2 Å². The van der Waals surface area contributed by atoms with E-state index in [4.69, 9.17) is 29.4 Å². The predicted molar refractivity (Wildman–Crippen MR) is 126 cm³/mol. The Morgan fingerprint density at radius 3 is 2.44 bits per heavy atom. The molecule has 0 aromatic carbocycles. The minimum Gasteiger partial charge on any atom is -0.394 e. The second kappa shape index (κ2) is 11.9. The average molecular weight is 581 g/mol. The number of aromatic nitrogens is 4. The smallest absolute Gasteiger partial charge is 0.394 e. The standard InChI is InChI=1S/C20H32N5O13P/c1-7(2-9-12(28)14(30)15(31)17(36-9)8(27)3-26)38-39(33,34)35-4-10-13(29)16(32)20(37-10)25-6-24-11-18(21)22-5-23-19(11)25/h5-10,12-17,20,26-32H,2-4H2,1H3,(H,33,34)(H2,21,22,23)/t7-,8+,9?,10+,12+,13+,14+,15-,16+,17+,20+/m0/s1. The highest BCUT2D eigenvalue weighted by atomic mass is 31.2. The largest absolute Gasteiger partial charge is 0.472 e. The van der Waals surface area contributed by atoms with Crippen molar-refractivity contribution in [3.8, 4) is 0 Å². The lowest BCUT2D eigenvalue weighted by Gasteiger charge is -2.42. The number of nitrogens with zero attached hydrogens (tertiary/aromatic N) is 4. The minimum absolute atomic E-state index is 0.0936. The van der Waals surface area contributed by atoms with E-state index in [1.54, 1.807) is 0 Å². The molecule has 18 nitrogen and oxygen atoms in total. The van der Waals surface area contributed by atoms with Crippen molar-refractivity contribution in [2.75, 3.05) is 18.9 Å². The molecule has 39 heavy (non-hydrogen) atoms. The van der Waals surface area contributed by atoms with Gasteiger partial charge in [-0.3, -0.25) is 13.6 Å². The van der Waals surface area contributed by atoms with Crippen molar-refractivity contribution in [2.45, 2.75) is 80.6 Å². The molecule has 4 rings (SSSR count). The third-order valence-corrected chi connectivity index (χ3v) is 7.69. The molecular formula is C20H32N5O13P. The molecule has 10 N–H and O–H groups in total. The van der Waals surface area contributed by atoms with Gasteiger partial charge in [-0.1, -0.05) is 0 Å². The average Bonchev–Trinajstić information content (AvgIpc) is 3.44. The predicted octanol–water partition coefficient (Wildman–Crippen LogP) is -3.86. The molecule has 2 saturated heterocycles. The molecule has 220 valence electrons. The van der Waals surface area contributed by atoms with Gasteiger partial charge in [0.25, 0.3) is 0 Å². The van der Waals surface area contributed by atoms with Crippen LogP contribution >= 0.6 is 7.82 Å². The first-order valence-electron chi connectivity index (χ1n) is 11.9. The number of aliphatic hydroxyl groups is 7. The molecule has 2 aromatic heterocycles. The first-order valence-corrected chi connectivity index (χ1v) is 13.4. The zero-order valence-corrected chi connectivity index (χ0v) is 21.5. The van der Waals surface area contributed by atoms with Gasteiger partial charge in [0.05, 0.1) is 31.7 Å². The van der Waals surface area contributed by atoms with Crippen LogP contribution in [0.1, 0.15) is 19.6 Å². The quantitative estimate of drug-likeness (QED) is 0.121. The Bertz CT molecular complexity index is 1170. The van der Waals surface area contributed by atoms with E-state index in [1.165, 1.54) is 24.1 Å². The monoisotopic (exact) mass is 581 g/mol. The molecule has 2 aromatic rings. The number of phosphoric ester groups is 1. The Morgan fingerprint density at radius 1 is 1.05 bits per heavy atom. The normalized spacial score (nSPS) is 36.6. The molecule has 0 bridgehead atoms. The van der Waals surface area contributed by atoms with E-state index in [1.807, 2.05) is 0 Å². The fraction of sp³-hybridized carbons (Fsp3) is 0.750. The van der Waals surface area contributed by atoms with Crippen LogP contribution in [0, 0.1) is 0 Å². The summed E-state index contributed by atoms with van der Waals surface area (Å²) in [6, 6.07) is 0. The van der Waals surface area contributed by atoms with E-state index in [0.717, 1.165) is 0 Å². The summed E-state index contributed by atoms with van der Waals surface area (Å²) in [5.74, 6) is 0.0936. The summed E-state index contributed by atoms with van der Waals surface area (Å²) in [5, 5.41) is 70.2. The molecule has 12 atom stereocenters. The number of aliphatic hydroxyl groups excluding tert-OH is 7. The van der Waals surface area contributed by atoms with Crippen molar-refractivity contribution in [1.82, 2.24) is 19.5 Å². The molecule has 0 spiro atoms. The summed E-state index contributed by atoms with van der Waals surface area (Å²) in [6.07, 6.45) is -13.7. The van der Waals surface area contributed by atoms with Gasteiger partial charge in [-0.05, 0) is 6.92 Å². The number of rotatable bonds is 10. The van der Waals surface area contributed by atoms with Crippen LogP contribution in [0.15, 0.2) is 12.7 Å². The highest BCUT2D eigenvalue weighted by Crippen LogP contribution is 2.46. The van der Waals surface area contributed by atoms with E-state index >= 15 is 0 Å². The van der Waals surface area contributed by atoms with Crippen LogP contribution in [-0.4, -0.2) is 134 Å². The first kappa shape index (κ1) is 30.1. The molecule has 0 radical (unpaired) electrons. The molecule has 0 aliphatic carbocycles. The summed E-state index contributed by atoms with van der Waals surface area (Å²) in [7, 11) is -4.80. The Kier molecular flexibility index (Phi) is 9.18. The van der Waals surface area contributed by atoms with Gasteiger partial charge in [-0.2, -0.15) is 0 Å². The van der Waals surface area contributed by atoms with Crippen LogP contribution in [0.5, 0.6) is 0 Å². The summed E-state index contributed by atoms with van der Waals surface area (Å²) < 4.78 is 34.9. The maximum atomic E-state index is 12.5. The second-order valence-corrected chi connectivity index (χ2v) is 10.8. The third kappa shape index (κ3) is 6.23. The SMILES string of the molecule is C[C@@H](CC1O[C@H]([C@H](O)CO)[C@@H](O)[C@H](O)[C@@H]1O)OP(=O)(O)OC[C@H]1O[C@@H](n2cnc3c(N)ncnc32)[C@H](O)[C@@H]1O. The van der Waals surface area contributed by atoms with Crippen LogP contribution < -0.4 is 5.73 Å². The van der Waals surface area contributed by atoms with Gasteiger partial charge in [0.15, 0.2) is 17.7 Å². The van der Waals surface area contributed by atoms with Gasteiger partial charge in [0.2, 0.25) is 0 Å². The Labute approximate surface area is 220 Å². The van der Waals surface area contributed by atoms with Gasteiger partial charge < -0.3 is 55.8 Å². The van der Waals surface area contributed by atoms with Gasteiger partial charge >= 0.3 is 7.82 Å². The highest BCUT2D eigenvalue weighted by Gasteiger charge is 2.48. The number of nitrogens with two attached hydrogens (primary N) is 1. The fourth-order valence-electron chi connectivity index (χ4n) is 4.54. The zero-order valence-electron chi connectivity index (χ0n) is 20.6. The molecule has 2 aliphatic heterocycles. The van der Waals surface area contributed by atoms with Gasteiger partial charge in [0.1, 0.15) is 60.7 Å². The van der Waals surface area contributed by atoms with Crippen LogP contribution in [0.4, 0.5) is 5.82 Å². The van der Waals surface area contributed by atoms with E-state index in [2.05, 4.69) is 15.0 Å². The second-order valence-electron chi connectivity index (χ2n) is 9.41. The Morgan fingerprint density at radius 2 is 1.74 bits per heavy atom. The Hall–Kier alpha value is -1.90. The van der Waals surface area contributed by atoms with Gasteiger partial charge in [0, 0.05) is 6.42 Å². The number of nitrogen functional groups attached to an aromatic ring is 1. The van der Waals surface area contributed by atoms with Crippen molar-refractivity contribution < 1.29 is 63.7 Å². The molecule has 2 unspecified atom stereocenters. The van der Waals surface area contributed by atoms with Crippen molar-refractivity contribution in [3.05, 3.63) is 12.7 Å². The molecular weight excluding hydrogens is 549 g/mol. The summed E-state index contributed by atoms with van der Waals surface area (Å²) >= 11 is 0. The van der Waals surface area contributed by atoms with Crippen LogP contribution in [-0.2, 0) is 23.1 Å². The molecule has 0 saturated carbocycles. The van der Waals surface area contributed by atoms with Crippen LogP contribution in [0.2, 0.25) is 0 Å². The lowest BCUT2D eigenvalue weighted by atomic mass is 9.90. The molecule has 19 heteroatoms. The first-order chi connectivity index (χ1) is 18.3. The lowest BCUT2D eigenvalue weighted by Crippen LogP contribution is -2.61. The topological polar surface area (TPSA) is 285 Å². The summed E-state index contributed by atoms with van der Waals surface area (Å²) in [4.78, 5) is 22.1. The number of phosphoric acid groups is 1. The van der Waals surface area contributed by atoms with Crippen molar-refractivity contribution >= 4 is 24.8 Å². The molecule has 0 amide bonds. The number of anilines is 1. The highest BCUT2D eigenvalue weighted by molar-refractivity contribution is 7.47. The molecule has 2 fully saturated rings. The number of fused-ring (bicyclic) bond motifs is 1. The van der Waals surface area contributed by atoms with E-state index in [-0.39, 0.29) is 23.4 Å². The van der Waals surface area contributed by atoms with Gasteiger partial charge in [-0.25, -0.2) is 19.5 Å².